The van der Waals surface area contributed by atoms with Gasteiger partial charge in [-0.25, -0.2) is 4.98 Å². The van der Waals surface area contributed by atoms with E-state index in [0.29, 0.717) is 0 Å². The van der Waals surface area contributed by atoms with E-state index < -0.39 is 0 Å². The van der Waals surface area contributed by atoms with Crippen LogP contribution in [0.5, 0.6) is 0 Å². The predicted molar refractivity (Wildman–Crippen MR) is 75.1 cm³/mol. The fourth-order valence-corrected chi connectivity index (χ4v) is 3.45. The Morgan fingerprint density at radius 2 is 2.00 bits per heavy atom. The average Bonchev–Trinajstić information content (AvgIpc) is 2.90. The number of fused-ring (bicyclic) bond motifs is 1. The van der Waals surface area contributed by atoms with E-state index in [0.717, 1.165) is 36.3 Å². The van der Waals surface area contributed by atoms with Crippen LogP contribution < -0.4 is 5.32 Å². The number of pyridine rings is 1. The molecule has 2 atom stereocenters. The Labute approximate surface area is 114 Å². The van der Waals surface area contributed by atoms with Crippen molar-refractivity contribution >= 4 is 11.7 Å². The number of nitrogens with zero attached hydrogens (tertiary/aromatic N) is 2. The second kappa shape index (κ2) is 5.19. The van der Waals surface area contributed by atoms with Gasteiger partial charge in [0, 0.05) is 31.9 Å². The molecule has 102 valence electrons. The Balaban J connectivity index is 1.73. The minimum atomic E-state index is 0.160. The maximum absolute atomic E-state index is 12.5. The largest absolute Gasteiger partial charge is 0.373 e. The maximum Gasteiger partial charge on any atom is 0.254 e. The number of likely N-dealkylation sites (tertiary alicyclic amines) is 1. The first-order chi connectivity index (χ1) is 9.28. The lowest BCUT2D eigenvalue weighted by Gasteiger charge is -2.22. The van der Waals surface area contributed by atoms with Crippen LogP contribution in [-0.4, -0.2) is 35.9 Å². The van der Waals surface area contributed by atoms with Crippen LogP contribution in [0.15, 0.2) is 18.3 Å². The number of carbonyl (C=O) groups is 1. The van der Waals surface area contributed by atoms with Crippen molar-refractivity contribution in [1.29, 1.82) is 0 Å². The molecule has 19 heavy (non-hydrogen) atoms. The van der Waals surface area contributed by atoms with Gasteiger partial charge in [0.1, 0.15) is 5.82 Å². The van der Waals surface area contributed by atoms with Crippen LogP contribution in [0.4, 0.5) is 5.82 Å². The first-order valence-corrected chi connectivity index (χ1v) is 7.21. The quantitative estimate of drug-likeness (QED) is 0.887. The summed E-state index contributed by atoms with van der Waals surface area (Å²) in [6, 6.07) is 3.65. The van der Waals surface area contributed by atoms with E-state index in [1.54, 1.807) is 6.20 Å². The summed E-state index contributed by atoms with van der Waals surface area (Å²) >= 11 is 0. The zero-order chi connectivity index (χ0) is 13.2. The van der Waals surface area contributed by atoms with Crippen LogP contribution in [-0.2, 0) is 0 Å². The molecule has 0 radical (unpaired) electrons. The Morgan fingerprint density at radius 1 is 1.32 bits per heavy atom. The number of carbonyl (C=O) groups excluding carboxylic acids is 1. The molecule has 4 heteroatoms. The first kappa shape index (κ1) is 12.5. The maximum atomic E-state index is 12.5. The fraction of sp³-hybridized carbons (Fsp3) is 0.600. The molecule has 1 saturated heterocycles. The van der Waals surface area contributed by atoms with Gasteiger partial charge in [-0.3, -0.25) is 4.79 Å². The minimum absolute atomic E-state index is 0.160. The smallest absolute Gasteiger partial charge is 0.254 e. The van der Waals surface area contributed by atoms with Gasteiger partial charge >= 0.3 is 0 Å². The van der Waals surface area contributed by atoms with E-state index in [-0.39, 0.29) is 5.91 Å². The number of nitrogens with one attached hydrogen (secondary N) is 1. The zero-order valence-electron chi connectivity index (χ0n) is 11.4. The van der Waals surface area contributed by atoms with Crippen LogP contribution in [0.3, 0.4) is 0 Å². The monoisotopic (exact) mass is 259 g/mol. The third-order valence-electron chi connectivity index (χ3n) is 4.53. The van der Waals surface area contributed by atoms with Crippen LogP contribution in [0.2, 0.25) is 0 Å². The Bertz CT molecular complexity index is 460. The van der Waals surface area contributed by atoms with Gasteiger partial charge in [0.2, 0.25) is 0 Å². The van der Waals surface area contributed by atoms with Crippen LogP contribution >= 0.6 is 0 Å². The number of amides is 1. The van der Waals surface area contributed by atoms with E-state index in [4.69, 9.17) is 0 Å². The van der Waals surface area contributed by atoms with Gasteiger partial charge in [0.15, 0.2) is 0 Å². The Kier molecular flexibility index (Phi) is 3.40. The van der Waals surface area contributed by atoms with Gasteiger partial charge < -0.3 is 10.2 Å². The lowest BCUT2D eigenvalue weighted by atomic mass is 9.82. The minimum Gasteiger partial charge on any atom is -0.373 e. The molecule has 4 nitrogen and oxygen atoms in total. The van der Waals surface area contributed by atoms with E-state index >= 15 is 0 Å². The second-order valence-electron chi connectivity index (χ2n) is 5.69. The number of hydrogen-bond donors (Lipinski definition) is 1. The van der Waals surface area contributed by atoms with Crippen molar-refractivity contribution < 1.29 is 4.79 Å². The zero-order valence-corrected chi connectivity index (χ0v) is 11.4. The summed E-state index contributed by atoms with van der Waals surface area (Å²) in [5, 5.41) is 2.98. The number of aromatic nitrogens is 1. The number of rotatable bonds is 2. The SMILES string of the molecule is CNc1cc(C(=O)N2CC3CCCCC3C2)ccn1. The van der Waals surface area contributed by atoms with Gasteiger partial charge in [0.05, 0.1) is 0 Å². The van der Waals surface area contributed by atoms with Gasteiger partial charge in [-0.05, 0) is 36.8 Å². The average molecular weight is 259 g/mol. The molecule has 2 unspecified atom stereocenters. The summed E-state index contributed by atoms with van der Waals surface area (Å²) in [6.07, 6.45) is 6.96. The molecule has 0 aromatic carbocycles. The highest BCUT2D eigenvalue weighted by molar-refractivity contribution is 5.95. The standard InChI is InChI=1S/C15H21N3O/c1-16-14-8-11(6-7-17-14)15(19)18-9-12-4-2-3-5-13(12)10-18/h6-8,12-13H,2-5,9-10H2,1H3,(H,16,17). The molecule has 1 aliphatic carbocycles. The summed E-state index contributed by atoms with van der Waals surface area (Å²) in [6.45, 7) is 1.89. The van der Waals surface area contributed by atoms with Gasteiger partial charge in [-0.2, -0.15) is 0 Å². The van der Waals surface area contributed by atoms with Crippen molar-refractivity contribution in [2.24, 2.45) is 11.8 Å². The summed E-state index contributed by atoms with van der Waals surface area (Å²) in [7, 11) is 1.82. The third-order valence-corrected chi connectivity index (χ3v) is 4.53. The summed E-state index contributed by atoms with van der Waals surface area (Å²) < 4.78 is 0. The molecule has 1 aromatic rings. The van der Waals surface area contributed by atoms with Crippen molar-refractivity contribution in [2.75, 3.05) is 25.5 Å². The van der Waals surface area contributed by atoms with E-state index in [2.05, 4.69) is 10.3 Å². The molecule has 1 aliphatic heterocycles. The molecule has 2 heterocycles. The molecule has 1 N–H and O–H groups in total. The normalized spacial score (nSPS) is 26.1. The van der Waals surface area contributed by atoms with Crippen molar-refractivity contribution in [3.8, 4) is 0 Å². The van der Waals surface area contributed by atoms with Crippen molar-refractivity contribution in [1.82, 2.24) is 9.88 Å². The molecule has 3 rings (SSSR count). The molecule has 1 saturated carbocycles. The van der Waals surface area contributed by atoms with Crippen molar-refractivity contribution in [3.63, 3.8) is 0 Å². The predicted octanol–water partition coefficient (Wildman–Crippen LogP) is 2.39. The van der Waals surface area contributed by atoms with Crippen LogP contribution in [0.25, 0.3) is 0 Å². The second-order valence-corrected chi connectivity index (χ2v) is 5.69. The highest BCUT2D eigenvalue weighted by Gasteiger charge is 2.36. The molecule has 1 amide bonds. The molecular formula is C15H21N3O. The van der Waals surface area contributed by atoms with Gasteiger partial charge in [-0.15, -0.1) is 0 Å². The molecule has 2 fully saturated rings. The summed E-state index contributed by atoms with van der Waals surface area (Å²) in [5.74, 6) is 2.39. The van der Waals surface area contributed by atoms with E-state index in [1.807, 2.05) is 24.1 Å². The molecule has 1 aromatic heterocycles. The van der Waals surface area contributed by atoms with Gasteiger partial charge in [-0.1, -0.05) is 12.8 Å². The van der Waals surface area contributed by atoms with Gasteiger partial charge in [0.25, 0.3) is 5.91 Å². The highest BCUT2D eigenvalue weighted by atomic mass is 16.2. The van der Waals surface area contributed by atoms with Crippen LogP contribution in [0, 0.1) is 11.8 Å². The van der Waals surface area contributed by atoms with E-state index in [1.165, 1.54) is 25.7 Å². The number of anilines is 1. The van der Waals surface area contributed by atoms with Crippen molar-refractivity contribution in [3.05, 3.63) is 23.9 Å². The molecular weight excluding hydrogens is 238 g/mol. The lowest BCUT2D eigenvalue weighted by Crippen LogP contribution is -2.29. The molecule has 0 bridgehead atoms. The summed E-state index contributed by atoms with van der Waals surface area (Å²) in [5.41, 5.74) is 0.748. The Hall–Kier alpha value is -1.58. The fourth-order valence-electron chi connectivity index (χ4n) is 3.45. The molecule has 0 spiro atoms. The topological polar surface area (TPSA) is 45.2 Å². The number of hydrogen-bond acceptors (Lipinski definition) is 3. The van der Waals surface area contributed by atoms with Crippen molar-refractivity contribution in [2.45, 2.75) is 25.7 Å². The Morgan fingerprint density at radius 3 is 2.63 bits per heavy atom. The first-order valence-electron chi connectivity index (χ1n) is 7.21. The summed E-state index contributed by atoms with van der Waals surface area (Å²) in [4.78, 5) is 18.7. The molecule has 2 aliphatic rings. The lowest BCUT2D eigenvalue weighted by molar-refractivity contribution is 0.0784. The third kappa shape index (κ3) is 2.44. The highest BCUT2D eigenvalue weighted by Crippen LogP contribution is 2.36. The van der Waals surface area contributed by atoms with E-state index in [9.17, 15) is 4.79 Å². The van der Waals surface area contributed by atoms with Crippen LogP contribution in [0.1, 0.15) is 36.0 Å².